The number of carbonyl (C=O) groups is 1. The van der Waals surface area contributed by atoms with Gasteiger partial charge in [-0.05, 0) is 56.1 Å². The summed E-state index contributed by atoms with van der Waals surface area (Å²) in [4.78, 5) is 12.3. The smallest absolute Gasteiger partial charge is 0.257 e. The maximum Gasteiger partial charge on any atom is 0.257 e. The largest absolute Gasteiger partial charge is 0.387 e. The summed E-state index contributed by atoms with van der Waals surface area (Å²) >= 11 is 6.85. The molecule has 3 nitrogen and oxygen atoms in total. The van der Waals surface area contributed by atoms with Crippen molar-refractivity contribution in [1.82, 2.24) is 0 Å². The lowest BCUT2D eigenvalue weighted by Gasteiger charge is -2.12. The number of halogens is 2. The Kier molecular flexibility index (Phi) is 4.61. The summed E-state index contributed by atoms with van der Waals surface area (Å²) in [6.07, 6.45) is 0. The Morgan fingerprint density at radius 2 is 1.63 bits per heavy atom. The quantitative estimate of drug-likeness (QED) is 0.818. The van der Waals surface area contributed by atoms with E-state index in [2.05, 4.69) is 42.5 Å². The van der Waals surface area contributed by atoms with Crippen LogP contribution in [0.5, 0.6) is 0 Å². The van der Waals surface area contributed by atoms with Crippen LogP contribution in [0.1, 0.15) is 10.4 Å². The minimum absolute atomic E-state index is 0.155. The first kappa shape index (κ1) is 14.1. The molecule has 0 aromatic heterocycles. The molecule has 0 atom stereocenters. The van der Waals surface area contributed by atoms with Crippen molar-refractivity contribution in [1.29, 1.82) is 0 Å². The number of nitrogens with one attached hydrogen (secondary N) is 2. The van der Waals surface area contributed by atoms with Gasteiger partial charge < -0.3 is 10.6 Å². The average molecular weight is 384 g/mol. The van der Waals surface area contributed by atoms with Gasteiger partial charge in [-0.25, -0.2) is 0 Å². The molecule has 98 valence electrons. The third kappa shape index (κ3) is 3.16. The fourth-order valence-corrected chi connectivity index (χ4v) is 2.89. The van der Waals surface area contributed by atoms with Crippen LogP contribution >= 0.6 is 31.9 Å². The van der Waals surface area contributed by atoms with E-state index in [0.717, 1.165) is 20.3 Å². The highest BCUT2D eigenvalue weighted by molar-refractivity contribution is 9.11. The Morgan fingerprint density at radius 3 is 2.26 bits per heavy atom. The average Bonchev–Trinajstić information content (AvgIpc) is 2.42. The molecule has 0 aliphatic heterocycles. The Labute approximate surface area is 128 Å². The third-order valence-electron chi connectivity index (χ3n) is 2.64. The number of carbonyl (C=O) groups excluding carboxylic acids is 1. The monoisotopic (exact) mass is 382 g/mol. The SMILES string of the molecule is CNc1ccccc1C(=O)Nc1c(Br)cccc1Br. The Balaban J connectivity index is 2.31. The Bertz CT molecular complexity index is 594. The summed E-state index contributed by atoms with van der Waals surface area (Å²) in [5.41, 5.74) is 2.12. The number of para-hydroxylation sites is 2. The molecule has 5 heteroatoms. The van der Waals surface area contributed by atoms with E-state index in [9.17, 15) is 4.79 Å². The lowest BCUT2D eigenvalue weighted by molar-refractivity contribution is 0.102. The normalized spacial score (nSPS) is 10.1. The van der Waals surface area contributed by atoms with Crippen molar-refractivity contribution in [3.8, 4) is 0 Å². The molecule has 0 fully saturated rings. The number of hydrogen-bond donors (Lipinski definition) is 2. The zero-order chi connectivity index (χ0) is 13.8. The number of anilines is 2. The molecule has 0 heterocycles. The zero-order valence-corrected chi connectivity index (χ0v) is 13.4. The minimum atomic E-state index is -0.155. The van der Waals surface area contributed by atoms with Gasteiger partial charge in [0.15, 0.2) is 0 Å². The number of rotatable bonds is 3. The van der Waals surface area contributed by atoms with Crippen molar-refractivity contribution in [3.05, 3.63) is 57.0 Å². The highest BCUT2D eigenvalue weighted by Crippen LogP contribution is 2.31. The van der Waals surface area contributed by atoms with Crippen LogP contribution < -0.4 is 10.6 Å². The van der Waals surface area contributed by atoms with Gasteiger partial charge in [-0.3, -0.25) is 4.79 Å². The first-order valence-electron chi connectivity index (χ1n) is 5.65. The van der Waals surface area contributed by atoms with E-state index in [-0.39, 0.29) is 5.91 Å². The second kappa shape index (κ2) is 6.21. The van der Waals surface area contributed by atoms with Gasteiger partial charge >= 0.3 is 0 Å². The van der Waals surface area contributed by atoms with Crippen molar-refractivity contribution < 1.29 is 4.79 Å². The van der Waals surface area contributed by atoms with Crippen molar-refractivity contribution in [3.63, 3.8) is 0 Å². The van der Waals surface area contributed by atoms with E-state index in [0.29, 0.717) is 5.56 Å². The molecule has 0 saturated heterocycles. The van der Waals surface area contributed by atoms with Crippen molar-refractivity contribution in [2.24, 2.45) is 0 Å². The molecule has 0 unspecified atom stereocenters. The minimum Gasteiger partial charge on any atom is -0.387 e. The molecule has 2 N–H and O–H groups in total. The molecule has 0 aliphatic rings. The molecule has 19 heavy (non-hydrogen) atoms. The van der Waals surface area contributed by atoms with Gasteiger partial charge in [0.05, 0.1) is 11.3 Å². The zero-order valence-electron chi connectivity index (χ0n) is 10.2. The highest BCUT2D eigenvalue weighted by atomic mass is 79.9. The fourth-order valence-electron chi connectivity index (χ4n) is 1.70. The molecule has 0 radical (unpaired) electrons. The summed E-state index contributed by atoms with van der Waals surface area (Å²) in [5.74, 6) is -0.155. The number of hydrogen-bond acceptors (Lipinski definition) is 2. The molecule has 1 amide bonds. The van der Waals surface area contributed by atoms with E-state index in [1.807, 2.05) is 36.4 Å². The van der Waals surface area contributed by atoms with E-state index in [4.69, 9.17) is 0 Å². The van der Waals surface area contributed by atoms with Crippen molar-refractivity contribution in [2.75, 3.05) is 17.7 Å². The van der Waals surface area contributed by atoms with E-state index >= 15 is 0 Å². The second-order valence-electron chi connectivity index (χ2n) is 3.85. The molecule has 2 aromatic carbocycles. The molecule has 2 aromatic rings. The van der Waals surface area contributed by atoms with Crippen LogP contribution in [0.15, 0.2) is 51.4 Å². The number of benzene rings is 2. The Hall–Kier alpha value is -1.33. The fraction of sp³-hybridized carbons (Fsp3) is 0.0714. The van der Waals surface area contributed by atoms with Crippen LogP contribution in [0.25, 0.3) is 0 Å². The molecule has 0 spiro atoms. The third-order valence-corrected chi connectivity index (χ3v) is 3.96. The summed E-state index contributed by atoms with van der Waals surface area (Å²) in [5, 5.41) is 5.90. The predicted molar refractivity (Wildman–Crippen MR) is 85.8 cm³/mol. The lowest BCUT2D eigenvalue weighted by atomic mass is 10.1. The summed E-state index contributed by atoms with van der Waals surface area (Å²) in [7, 11) is 1.79. The van der Waals surface area contributed by atoms with Crippen LogP contribution in [0.3, 0.4) is 0 Å². The predicted octanol–water partition coefficient (Wildman–Crippen LogP) is 4.51. The summed E-state index contributed by atoms with van der Waals surface area (Å²) < 4.78 is 1.66. The molecule has 0 bridgehead atoms. The van der Waals surface area contributed by atoms with Crippen LogP contribution in [0.2, 0.25) is 0 Å². The van der Waals surface area contributed by atoms with Gasteiger partial charge in [0.25, 0.3) is 5.91 Å². The molecular formula is C14H12Br2N2O. The molecular weight excluding hydrogens is 372 g/mol. The summed E-state index contributed by atoms with van der Waals surface area (Å²) in [6, 6.07) is 13.0. The van der Waals surface area contributed by atoms with Gasteiger partial charge in [0.2, 0.25) is 0 Å². The summed E-state index contributed by atoms with van der Waals surface area (Å²) in [6.45, 7) is 0. The Morgan fingerprint density at radius 1 is 1.00 bits per heavy atom. The van der Waals surface area contributed by atoms with Gasteiger partial charge in [0, 0.05) is 21.7 Å². The van der Waals surface area contributed by atoms with E-state index in [1.54, 1.807) is 13.1 Å². The second-order valence-corrected chi connectivity index (χ2v) is 5.56. The van der Waals surface area contributed by atoms with Crippen LogP contribution in [-0.2, 0) is 0 Å². The molecule has 0 aliphatic carbocycles. The first-order chi connectivity index (χ1) is 9.13. The maximum absolute atomic E-state index is 12.3. The first-order valence-corrected chi connectivity index (χ1v) is 7.24. The van der Waals surface area contributed by atoms with E-state index < -0.39 is 0 Å². The molecule has 0 saturated carbocycles. The van der Waals surface area contributed by atoms with Crippen LogP contribution in [0.4, 0.5) is 11.4 Å². The van der Waals surface area contributed by atoms with Crippen LogP contribution in [-0.4, -0.2) is 13.0 Å². The highest BCUT2D eigenvalue weighted by Gasteiger charge is 2.13. The van der Waals surface area contributed by atoms with Crippen molar-refractivity contribution in [2.45, 2.75) is 0 Å². The maximum atomic E-state index is 12.3. The van der Waals surface area contributed by atoms with Crippen molar-refractivity contribution >= 4 is 49.1 Å². The van der Waals surface area contributed by atoms with Gasteiger partial charge in [0.1, 0.15) is 0 Å². The van der Waals surface area contributed by atoms with Gasteiger partial charge in [-0.1, -0.05) is 18.2 Å². The molecule has 2 rings (SSSR count). The van der Waals surface area contributed by atoms with E-state index in [1.165, 1.54) is 0 Å². The number of amides is 1. The topological polar surface area (TPSA) is 41.1 Å². The standard InChI is InChI=1S/C14H12Br2N2O/c1-17-12-8-3-2-5-9(12)14(19)18-13-10(15)6-4-7-11(13)16/h2-8,17H,1H3,(H,18,19). The lowest BCUT2D eigenvalue weighted by Crippen LogP contribution is -2.14. The van der Waals surface area contributed by atoms with Crippen LogP contribution in [0, 0.1) is 0 Å². The van der Waals surface area contributed by atoms with Gasteiger partial charge in [-0.15, -0.1) is 0 Å². The van der Waals surface area contributed by atoms with Gasteiger partial charge in [-0.2, -0.15) is 0 Å².